The zero-order valence-corrected chi connectivity index (χ0v) is 19.6. The summed E-state index contributed by atoms with van der Waals surface area (Å²) in [6.45, 7) is 4.60. The van der Waals surface area contributed by atoms with Crippen LogP contribution in [0.2, 0.25) is 0 Å². The molecule has 0 unspecified atom stereocenters. The smallest absolute Gasteiger partial charge is 0.268 e. The second-order valence-corrected chi connectivity index (χ2v) is 8.11. The van der Waals surface area contributed by atoms with Gasteiger partial charge in [0, 0.05) is 11.3 Å². The fourth-order valence-electron chi connectivity index (χ4n) is 3.34. The predicted octanol–water partition coefficient (Wildman–Crippen LogP) is 2.45. The zero-order valence-electron chi connectivity index (χ0n) is 19.6. The van der Waals surface area contributed by atoms with Crippen LogP contribution in [-0.4, -0.2) is 53.3 Å². The first-order chi connectivity index (χ1) is 16.3. The number of benzene rings is 2. The summed E-state index contributed by atoms with van der Waals surface area (Å²) in [4.78, 5) is 36.0. The van der Waals surface area contributed by atoms with Gasteiger partial charge < -0.3 is 21.1 Å². The molecule has 9 heteroatoms. The largest absolute Gasteiger partial charge is 0.391 e. The third kappa shape index (κ3) is 8.58. The van der Waals surface area contributed by atoms with E-state index in [1.54, 1.807) is 24.3 Å². The quantitative estimate of drug-likeness (QED) is 0.151. The number of amides is 3. The number of rotatable bonds is 13. The Morgan fingerprint density at radius 2 is 1.53 bits per heavy atom. The van der Waals surface area contributed by atoms with Crippen molar-refractivity contribution in [2.45, 2.75) is 51.7 Å². The van der Waals surface area contributed by atoms with Gasteiger partial charge in [0.25, 0.3) is 11.8 Å². The molecular formula is C25H34N4O5. The molecule has 0 spiro atoms. The summed E-state index contributed by atoms with van der Waals surface area (Å²) in [5.41, 5.74) is 4.19. The lowest BCUT2D eigenvalue weighted by Gasteiger charge is -2.19. The molecule has 2 aromatic rings. The highest BCUT2D eigenvalue weighted by atomic mass is 16.5. The van der Waals surface area contributed by atoms with Crippen LogP contribution in [0.25, 0.3) is 11.1 Å². The van der Waals surface area contributed by atoms with Gasteiger partial charge in [0.1, 0.15) is 6.04 Å². The number of nitrogens with one attached hydrogen (secondary N) is 4. The molecule has 0 heterocycles. The van der Waals surface area contributed by atoms with Gasteiger partial charge in [-0.15, -0.1) is 0 Å². The number of aliphatic hydroxyl groups excluding tert-OH is 1. The van der Waals surface area contributed by atoms with Gasteiger partial charge in [-0.25, -0.2) is 5.48 Å². The monoisotopic (exact) mass is 470 g/mol. The van der Waals surface area contributed by atoms with E-state index in [-0.39, 0.29) is 12.5 Å². The first kappa shape index (κ1) is 27.0. The van der Waals surface area contributed by atoms with E-state index < -0.39 is 24.0 Å². The SMILES string of the molecule is CCCCCCNCC(=O)Nc1ccc(-c2ccc(C(=O)N[C@H](C(=O)NO)[C@@H](C)O)cc2)cc1. The Kier molecular flexibility index (Phi) is 11.2. The highest BCUT2D eigenvalue weighted by molar-refractivity contribution is 5.98. The molecule has 2 atom stereocenters. The average Bonchev–Trinajstić information content (AvgIpc) is 2.84. The number of unbranched alkanes of at least 4 members (excludes halogenated alkanes) is 3. The summed E-state index contributed by atoms with van der Waals surface area (Å²) in [5, 5.41) is 26.8. The molecule has 0 saturated carbocycles. The van der Waals surface area contributed by atoms with Gasteiger partial charge in [-0.3, -0.25) is 19.6 Å². The maximum atomic E-state index is 12.4. The highest BCUT2D eigenvalue weighted by Gasteiger charge is 2.25. The topological polar surface area (TPSA) is 140 Å². The van der Waals surface area contributed by atoms with Gasteiger partial charge in [-0.1, -0.05) is 50.5 Å². The maximum absolute atomic E-state index is 12.4. The van der Waals surface area contributed by atoms with Gasteiger partial charge in [-0.2, -0.15) is 0 Å². The molecule has 0 bridgehead atoms. The van der Waals surface area contributed by atoms with E-state index in [1.807, 2.05) is 24.3 Å². The second kappa shape index (κ2) is 14.1. The number of carbonyl (C=O) groups is 3. The van der Waals surface area contributed by atoms with E-state index in [1.165, 1.54) is 31.7 Å². The Bertz CT molecular complexity index is 929. The van der Waals surface area contributed by atoms with E-state index in [4.69, 9.17) is 5.21 Å². The van der Waals surface area contributed by atoms with Crippen LogP contribution in [0.1, 0.15) is 49.9 Å². The molecule has 3 amide bonds. The van der Waals surface area contributed by atoms with E-state index in [0.29, 0.717) is 11.3 Å². The molecule has 0 aromatic heterocycles. The lowest BCUT2D eigenvalue weighted by Crippen LogP contribution is -2.51. The van der Waals surface area contributed by atoms with Gasteiger partial charge in [0.2, 0.25) is 5.91 Å². The standard InChI is InChI=1S/C25H34N4O5/c1-3-4-5-6-15-26-16-22(31)27-21-13-11-19(12-14-21)18-7-9-20(10-8-18)24(32)28-23(17(2)30)25(33)29-34/h7-14,17,23,26,30,34H,3-6,15-16H2,1-2H3,(H,27,31)(H,28,32)(H,29,33)/t17-,23+/m1/s1. The van der Waals surface area contributed by atoms with Crippen molar-refractivity contribution in [3.05, 3.63) is 54.1 Å². The van der Waals surface area contributed by atoms with Crippen molar-refractivity contribution in [2.75, 3.05) is 18.4 Å². The molecule has 0 fully saturated rings. The van der Waals surface area contributed by atoms with Gasteiger partial charge in [-0.05, 0) is 55.3 Å². The summed E-state index contributed by atoms with van der Waals surface area (Å²) in [6.07, 6.45) is 3.45. The Labute approximate surface area is 199 Å². The van der Waals surface area contributed by atoms with Crippen LogP contribution in [0, 0.1) is 0 Å². The van der Waals surface area contributed by atoms with E-state index >= 15 is 0 Å². The molecule has 0 saturated heterocycles. The van der Waals surface area contributed by atoms with Crippen LogP contribution in [-0.2, 0) is 9.59 Å². The lowest BCUT2D eigenvalue weighted by molar-refractivity contribution is -0.133. The molecule has 2 aromatic carbocycles. The van der Waals surface area contributed by atoms with Gasteiger partial charge in [0.05, 0.1) is 12.6 Å². The molecule has 9 nitrogen and oxygen atoms in total. The predicted molar refractivity (Wildman–Crippen MR) is 130 cm³/mol. The van der Waals surface area contributed by atoms with Crippen LogP contribution < -0.4 is 21.4 Å². The first-order valence-corrected chi connectivity index (χ1v) is 11.5. The third-order valence-electron chi connectivity index (χ3n) is 5.30. The number of aliphatic hydroxyl groups is 1. The number of hydroxylamine groups is 1. The van der Waals surface area contributed by atoms with Crippen molar-refractivity contribution in [1.82, 2.24) is 16.1 Å². The highest BCUT2D eigenvalue weighted by Crippen LogP contribution is 2.22. The molecule has 0 radical (unpaired) electrons. The number of anilines is 1. The Hall–Kier alpha value is -3.27. The molecule has 34 heavy (non-hydrogen) atoms. The van der Waals surface area contributed by atoms with Crippen LogP contribution in [0.4, 0.5) is 5.69 Å². The summed E-state index contributed by atoms with van der Waals surface area (Å²) < 4.78 is 0. The summed E-state index contributed by atoms with van der Waals surface area (Å²) in [5.74, 6) is -1.56. The van der Waals surface area contributed by atoms with Crippen LogP contribution in [0.3, 0.4) is 0 Å². The molecule has 0 aliphatic rings. The molecular weight excluding hydrogens is 436 g/mol. The van der Waals surface area contributed by atoms with Crippen LogP contribution in [0.15, 0.2) is 48.5 Å². The van der Waals surface area contributed by atoms with E-state index in [9.17, 15) is 19.5 Å². The Morgan fingerprint density at radius 1 is 0.912 bits per heavy atom. The van der Waals surface area contributed by atoms with Crippen molar-refractivity contribution in [2.24, 2.45) is 0 Å². The first-order valence-electron chi connectivity index (χ1n) is 11.5. The minimum atomic E-state index is -1.28. The minimum absolute atomic E-state index is 0.0935. The molecule has 2 rings (SSSR count). The fourth-order valence-corrected chi connectivity index (χ4v) is 3.34. The van der Waals surface area contributed by atoms with Crippen molar-refractivity contribution in [3.63, 3.8) is 0 Å². The second-order valence-electron chi connectivity index (χ2n) is 8.11. The fraction of sp³-hybridized carbons (Fsp3) is 0.400. The number of hydrogen-bond donors (Lipinski definition) is 6. The van der Waals surface area contributed by atoms with Crippen molar-refractivity contribution < 1.29 is 24.7 Å². The molecule has 6 N–H and O–H groups in total. The van der Waals surface area contributed by atoms with Gasteiger partial charge >= 0.3 is 0 Å². The molecule has 184 valence electrons. The molecule has 0 aliphatic heterocycles. The van der Waals surface area contributed by atoms with Gasteiger partial charge in [0.15, 0.2) is 0 Å². The summed E-state index contributed by atoms with van der Waals surface area (Å²) >= 11 is 0. The van der Waals surface area contributed by atoms with Crippen LogP contribution in [0.5, 0.6) is 0 Å². The summed E-state index contributed by atoms with van der Waals surface area (Å²) in [7, 11) is 0. The van der Waals surface area contributed by atoms with E-state index in [0.717, 1.165) is 24.1 Å². The average molecular weight is 471 g/mol. The number of hydrogen-bond acceptors (Lipinski definition) is 6. The van der Waals surface area contributed by atoms with Crippen molar-refractivity contribution in [1.29, 1.82) is 0 Å². The zero-order chi connectivity index (χ0) is 24.9. The Morgan fingerprint density at radius 3 is 2.09 bits per heavy atom. The Balaban J connectivity index is 1.89. The lowest BCUT2D eigenvalue weighted by atomic mass is 10.0. The van der Waals surface area contributed by atoms with Crippen molar-refractivity contribution in [3.8, 4) is 11.1 Å². The number of carbonyl (C=O) groups excluding carboxylic acids is 3. The minimum Gasteiger partial charge on any atom is -0.391 e. The van der Waals surface area contributed by atoms with Crippen molar-refractivity contribution >= 4 is 23.4 Å². The van der Waals surface area contributed by atoms with E-state index in [2.05, 4.69) is 22.9 Å². The maximum Gasteiger partial charge on any atom is 0.268 e. The summed E-state index contributed by atoms with van der Waals surface area (Å²) in [6, 6.07) is 12.8. The molecule has 0 aliphatic carbocycles. The van der Waals surface area contributed by atoms with Crippen LogP contribution >= 0.6 is 0 Å². The third-order valence-corrected chi connectivity index (χ3v) is 5.30. The normalized spacial score (nSPS) is 12.5.